The molecule has 1 unspecified atom stereocenters. The second-order valence-corrected chi connectivity index (χ2v) is 4.44. The fourth-order valence-corrected chi connectivity index (χ4v) is 1.97. The minimum Gasteiger partial charge on any atom is -0.484 e. The number of primary amides is 1. The van der Waals surface area contributed by atoms with Crippen molar-refractivity contribution in [3.8, 4) is 5.75 Å². The van der Waals surface area contributed by atoms with Gasteiger partial charge in [-0.05, 0) is 12.1 Å². The van der Waals surface area contributed by atoms with Gasteiger partial charge in [-0.3, -0.25) is 9.59 Å². The monoisotopic (exact) mass is 279 g/mol. The Balaban J connectivity index is 1.95. The highest BCUT2D eigenvalue weighted by molar-refractivity contribution is 5.87. The first-order chi connectivity index (χ1) is 9.58. The molecule has 1 atom stereocenters. The van der Waals surface area contributed by atoms with Crippen LogP contribution >= 0.6 is 0 Å². The number of carbonyl (C=O) groups excluding carboxylic acids is 2. The highest BCUT2D eigenvalue weighted by atomic mass is 16.5. The summed E-state index contributed by atoms with van der Waals surface area (Å²) in [5, 5.41) is 0. The van der Waals surface area contributed by atoms with Crippen LogP contribution in [0.1, 0.15) is 0 Å². The van der Waals surface area contributed by atoms with E-state index in [-0.39, 0.29) is 19.1 Å². The summed E-state index contributed by atoms with van der Waals surface area (Å²) in [6, 6.07) is 6.04. The molecule has 7 heteroatoms. The Labute approximate surface area is 116 Å². The lowest BCUT2D eigenvalue weighted by atomic mass is 10.2. The van der Waals surface area contributed by atoms with Gasteiger partial charge in [0.1, 0.15) is 11.8 Å². The molecule has 0 saturated carbocycles. The Morgan fingerprint density at radius 1 is 1.45 bits per heavy atom. The minimum atomic E-state index is -0.735. The van der Waals surface area contributed by atoms with Crippen molar-refractivity contribution in [2.24, 2.45) is 5.73 Å². The van der Waals surface area contributed by atoms with Crippen LogP contribution in [0.2, 0.25) is 0 Å². The molecular formula is C13H17N3O4. The summed E-state index contributed by atoms with van der Waals surface area (Å²) in [5.41, 5.74) is 11.4. The van der Waals surface area contributed by atoms with Crippen molar-refractivity contribution < 1.29 is 19.1 Å². The van der Waals surface area contributed by atoms with E-state index in [1.807, 2.05) is 0 Å². The molecule has 0 spiro atoms. The van der Waals surface area contributed by atoms with Crippen LogP contribution in [0.3, 0.4) is 0 Å². The third-order valence-electron chi connectivity index (χ3n) is 3.00. The van der Waals surface area contributed by atoms with Crippen molar-refractivity contribution in [2.45, 2.75) is 6.04 Å². The standard InChI is InChI=1S/C13H17N3O4/c14-9-2-1-3-10(6-9)20-8-12(17)16-4-5-19-7-11(16)13(15)18/h1-3,6,11H,4-5,7-8,14H2,(H2,15,18). The third-order valence-corrected chi connectivity index (χ3v) is 3.00. The maximum absolute atomic E-state index is 12.1. The largest absolute Gasteiger partial charge is 0.484 e. The van der Waals surface area contributed by atoms with Gasteiger partial charge < -0.3 is 25.8 Å². The van der Waals surface area contributed by atoms with Crippen LogP contribution in [0.25, 0.3) is 0 Å². The number of rotatable bonds is 4. The summed E-state index contributed by atoms with van der Waals surface area (Å²) in [5.74, 6) is -0.385. The molecule has 0 aromatic heterocycles. The number of ether oxygens (including phenoxy) is 2. The van der Waals surface area contributed by atoms with Gasteiger partial charge in [0.15, 0.2) is 6.61 Å². The SMILES string of the molecule is NC(=O)C1COCCN1C(=O)COc1cccc(N)c1. The van der Waals surface area contributed by atoms with E-state index >= 15 is 0 Å². The van der Waals surface area contributed by atoms with Crippen LogP contribution in [0.5, 0.6) is 5.75 Å². The van der Waals surface area contributed by atoms with E-state index in [1.165, 1.54) is 4.90 Å². The van der Waals surface area contributed by atoms with Crippen LogP contribution in [-0.2, 0) is 14.3 Å². The normalized spacial score (nSPS) is 18.6. The molecule has 7 nitrogen and oxygen atoms in total. The van der Waals surface area contributed by atoms with Crippen molar-refractivity contribution in [2.75, 3.05) is 32.1 Å². The van der Waals surface area contributed by atoms with Crippen LogP contribution in [0.15, 0.2) is 24.3 Å². The molecule has 1 aliphatic rings. The number of morpholine rings is 1. The lowest BCUT2D eigenvalue weighted by Gasteiger charge is -2.33. The van der Waals surface area contributed by atoms with Crippen LogP contribution in [0, 0.1) is 0 Å². The summed E-state index contributed by atoms with van der Waals surface area (Å²) in [6.45, 7) is 0.660. The Kier molecular flexibility index (Phi) is 4.41. The third kappa shape index (κ3) is 3.39. The van der Waals surface area contributed by atoms with Gasteiger partial charge in [0.2, 0.25) is 5.91 Å². The van der Waals surface area contributed by atoms with Gasteiger partial charge in [0.25, 0.3) is 5.91 Å². The predicted molar refractivity (Wildman–Crippen MR) is 71.9 cm³/mol. The number of nitrogen functional groups attached to an aromatic ring is 1. The maximum Gasteiger partial charge on any atom is 0.261 e. The second kappa shape index (κ2) is 6.25. The number of nitrogens with zero attached hydrogens (tertiary/aromatic N) is 1. The summed E-state index contributed by atoms with van der Waals surface area (Å²) < 4.78 is 10.5. The van der Waals surface area contributed by atoms with Crippen molar-refractivity contribution >= 4 is 17.5 Å². The predicted octanol–water partition coefficient (Wildman–Crippen LogP) is -0.640. The molecule has 0 radical (unpaired) electrons. The van der Waals surface area contributed by atoms with Gasteiger partial charge in [-0.1, -0.05) is 6.07 Å². The Morgan fingerprint density at radius 3 is 2.95 bits per heavy atom. The number of hydrogen-bond acceptors (Lipinski definition) is 5. The van der Waals surface area contributed by atoms with Gasteiger partial charge in [0, 0.05) is 18.3 Å². The topological polar surface area (TPSA) is 108 Å². The van der Waals surface area contributed by atoms with Crippen LogP contribution in [-0.4, -0.2) is 49.1 Å². The van der Waals surface area contributed by atoms with Crippen molar-refractivity contribution in [1.29, 1.82) is 0 Å². The van der Waals surface area contributed by atoms with E-state index in [4.69, 9.17) is 20.9 Å². The Bertz CT molecular complexity index is 506. The van der Waals surface area contributed by atoms with E-state index in [9.17, 15) is 9.59 Å². The quantitative estimate of drug-likeness (QED) is 0.713. The number of hydrogen-bond donors (Lipinski definition) is 2. The first kappa shape index (κ1) is 14.1. The summed E-state index contributed by atoms with van der Waals surface area (Å²) in [4.78, 5) is 24.7. The summed E-state index contributed by atoms with van der Waals surface area (Å²) in [6.07, 6.45) is 0. The molecule has 0 bridgehead atoms. The van der Waals surface area contributed by atoms with Gasteiger partial charge in [-0.15, -0.1) is 0 Å². The molecule has 0 aliphatic carbocycles. The molecule has 108 valence electrons. The number of carbonyl (C=O) groups is 2. The number of anilines is 1. The Hall–Kier alpha value is -2.28. The molecule has 4 N–H and O–H groups in total. The Morgan fingerprint density at radius 2 is 2.25 bits per heavy atom. The molecule has 2 amide bonds. The number of amides is 2. The number of nitrogens with two attached hydrogens (primary N) is 2. The first-order valence-corrected chi connectivity index (χ1v) is 6.23. The molecule has 1 aromatic carbocycles. The fraction of sp³-hybridized carbons (Fsp3) is 0.385. The second-order valence-electron chi connectivity index (χ2n) is 4.44. The smallest absolute Gasteiger partial charge is 0.261 e. The zero-order valence-corrected chi connectivity index (χ0v) is 11.0. The summed E-state index contributed by atoms with van der Waals surface area (Å²) in [7, 11) is 0. The zero-order valence-electron chi connectivity index (χ0n) is 11.0. The highest BCUT2D eigenvalue weighted by Gasteiger charge is 2.31. The van der Waals surface area contributed by atoms with Crippen molar-refractivity contribution in [1.82, 2.24) is 4.90 Å². The van der Waals surface area contributed by atoms with E-state index in [0.717, 1.165) is 0 Å². The van der Waals surface area contributed by atoms with Crippen molar-refractivity contribution in [3.63, 3.8) is 0 Å². The first-order valence-electron chi connectivity index (χ1n) is 6.23. The zero-order chi connectivity index (χ0) is 14.5. The molecule has 1 aliphatic heterocycles. The lowest BCUT2D eigenvalue weighted by Crippen LogP contribution is -2.55. The molecule has 1 heterocycles. The minimum absolute atomic E-state index is 0.124. The van der Waals surface area contributed by atoms with E-state index in [2.05, 4.69) is 0 Å². The van der Waals surface area contributed by atoms with Gasteiger partial charge >= 0.3 is 0 Å². The summed E-state index contributed by atoms with van der Waals surface area (Å²) >= 11 is 0. The lowest BCUT2D eigenvalue weighted by molar-refractivity contribution is -0.148. The van der Waals surface area contributed by atoms with Crippen LogP contribution in [0.4, 0.5) is 5.69 Å². The highest BCUT2D eigenvalue weighted by Crippen LogP contribution is 2.15. The average Bonchev–Trinajstić information content (AvgIpc) is 2.45. The molecule has 20 heavy (non-hydrogen) atoms. The van der Waals surface area contributed by atoms with Gasteiger partial charge in [-0.2, -0.15) is 0 Å². The van der Waals surface area contributed by atoms with E-state index in [0.29, 0.717) is 24.6 Å². The molecule has 1 saturated heterocycles. The molecule has 1 fully saturated rings. The molecule has 2 rings (SSSR count). The average molecular weight is 279 g/mol. The van der Waals surface area contributed by atoms with Crippen LogP contribution < -0.4 is 16.2 Å². The van der Waals surface area contributed by atoms with Gasteiger partial charge in [-0.25, -0.2) is 0 Å². The fourth-order valence-electron chi connectivity index (χ4n) is 1.97. The van der Waals surface area contributed by atoms with Gasteiger partial charge in [0.05, 0.1) is 13.2 Å². The number of benzene rings is 1. The van der Waals surface area contributed by atoms with Crippen molar-refractivity contribution in [3.05, 3.63) is 24.3 Å². The maximum atomic E-state index is 12.1. The van der Waals surface area contributed by atoms with E-state index in [1.54, 1.807) is 24.3 Å². The molecule has 1 aromatic rings. The van der Waals surface area contributed by atoms with E-state index < -0.39 is 11.9 Å². The molecular weight excluding hydrogens is 262 g/mol.